The molecule has 0 aromatic heterocycles. The molecule has 3 rings (SSSR count). The number of likely N-dealkylation sites (tertiary alicyclic amines) is 1. The highest BCUT2D eigenvalue weighted by atomic mass is 127. The molecule has 0 saturated carbocycles. The van der Waals surface area contributed by atoms with E-state index in [4.69, 9.17) is 4.74 Å². The maximum atomic E-state index is 12.6. The summed E-state index contributed by atoms with van der Waals surface area (Å²) < 4.78 is 43.2. The van der Waals surface area contributed by atoms with Crippen LogP contribution in [-0.2, 0) is 10.9 Å². The Kier molecular flexibility index (Phi) is 9.82. The molecule has 7 nitrogen and oxygen atoms in total. The Labute approximate surface area is 197 Å². The molecular weight excluding hydrogens is 526 g/mol. The molecule has 2 heterocycles. The van der Waals surface area contributed by atoms with E-state index in [9.17, 15) is 18.0 Å². The number of benzene rings is 1. The van der Waals surface area contributed by atoms with E-state index in [2.05, 4.69) is 25.4 Å². The van der Waals surface area contributed by atoms with Crippen LogP contribution >= 0.6 is 24.0 Å². The number of nitrogens with zero attached hydrogens (tertiary/aromatic N) is 3. The molecule has 2 aliphatic rings. The number of aliphatic imine (C=N–C) groups is 1. The van der Waals surface area contributed by atoms with Crippen molar-refractivity contribution in [1.82, 2.24) is 20.4 Å². The number of guanidine groups is 1. The molecule has 1 unspecified atom stereocenters. The van der Waals surface area contributed by atoms with Crippen molar-refractivity contribution in [1.29, 1.82) is 0 Å². The minimum atomic E-state index is -4.41. The van der Waals surface area contributed by atoms with Gasteiger partial charge >= 0.3 is 6.18 Å². The Morgan fingerprint density at radius 2 is 1.77 bits per heavy atom. The standard InChI is InChI=1S/C20H28F3N5O2.HI/c1-24-19(28-9-6-17(14-28)27-10-12-30-13-11-27)26-8-7-25-18(29)15-2-4-16(5-3-15)20(21,22)23;/h2-5,17H,6-14H2,1H3,(H,24,26)(H,25,29);1H. The largest absolute Gasteiger partial charge is 0.416 e. The van der Waals surface area contributed by atoms with Gasteiger partial charge in [0, 0.05) is 57.9 Å². The lowest BCUT2D eigenvalue weighted by molar-refractivity contribution is -0.137. The summed E-state index contributed by atoms with van der Waals surface area (Å²) in [6.07, 6.45) is -3.34. The van der Waals surface area contributed by atoms with E-state index in [0.29, 0.717) is 19.1 Å². The van der Waals surface area contributed by atoms with Crippen LogP contribution < -0.4 is 10.6 Å². The van der Waals surface area contributed by atoms with Crippen LogP contribution in [0.3, 0.4) is 0 Å². The van der Waals surface area contributed by atoms with Crippen LogP contribution in [0.5, 0.6) is 0 Å². The minimum Gasteiger partial charge on any atom is -0.379 e. The van der Waals surface area contributed by atoms with Crippen molar-refractivity contribution in [3.63, 3.8) is 0 Å². The number of rotatable bonds is 5. The van der Waals surface area contributed by atoms with Crippen molar-refractivity contribution in [2.75, 3.05) is 59.5 Å². The number of alkyl halides is 3. The van der Waals surface area contributed by atoms with Crippen molar-refractivity contribution in [3.8, 4) is 0 Å². The van der Waals surface area contributed by atoms with Crippen LogP contribution in [0, 0.1) is 0 Å². The Hall–Kier alpha value is -1.60. The second-order valence-corrected chi connectivity index (χ2v) is 7.34. The molecule has 31 heavy (non-hydrogen) atoms. The van der Waals surface area contributed by atoms with E-state index < -0.39 is 17.6 Å². The fraction of sp³-hybridized carbons (Fsp3) is 0.600. The highest BCUT2D eigenvalue weighted by molar-refractivity contribution is 14.0. The molecule has 11 heteroatoms. The van der Waals surface area contributed by atoms with Crippen LogP contribution in [0.4, 0.5) is 13.2 Å². The summed E-state index contributed by atoms with van der Waals surface area (Å²) in [7, 11) is 1.73. The van der Waals surface area contributed by atoms with Gasteiger partial charge < -0.3 is 20.3 Å². The minimum absolute atomic E-state index is 0. The first kappa shape index (κ1) is 25.7. The molecule has 1 atom stereocenters. The average Bonchev–Trinajstić information content (AvgIpc) is 3.24. The number of hydrogen-bond acceptors (Lipinski definition) is 4. The van der Waals surface area contributed by atoms with Crippen molar-refractivity contribution < 1.29 is 22.7 Å². The molecule has 0 radical (unpaired) electrons. The first-order valence-corrected chi connectivity index (χ1v) is 10.1. The van der Waals surface area contributed by atoms with Crippen molar-refractivity contribution in [2.45, 2.75) is 18.6 Å². The van der Waals surface area contributed by atoms with Crippen LogP contribution in [0.25, 0.3) is 0 Å². The van der Waals surface area contributed by atoms with Gasteiger partial charge in [-0.3, -0.25) is 14.7 Å². The van der Waals surface area contributed by atoms with E-state index >= 15 is 0 Å². The third-order valence-corrected chi connectivity index (χ3v) is 5.40. The van der Waals surface area contributed by atoms with Crippen molar-refractivity contribution >= 4 is 35.8 Å². The predicted octanol–water partition coefficient (Wildman–Crippen LogP) is 2.04. The highest BCUT2D eigenvalue weighted by Gasteiger charge is 2.31. The van der Waals surface area contributed by atoms with Gasteiger partial charge in [-0.25, -0.2) is 0 Å². The van der Waals surface area contributed by atoms with Crippen LogP contribution in [0.15, 0.2) is 29.3 Å². The second-order valence-electron chi connectivity index (χ2n) is 7.34. The lowest BCUT2D eigenvalue weighted by Gasteiger charge is -2.32. The summed E-state index contributed by atoms with van der Waals surface area (Å²) in [5, 5.41) is 5.95. The Bertz CT molecular complexity index is 739. The van der Waals surface area contributed by atoms with Crippen LogP contribution in [-0.4, -0.2) is 87.2 Å². The molecule has 1 aromatic carbocycles. The third kappa shape index (κ3) is 7.21. The number of hydrogen-bond donors (Lipinski definition) is 2. The zero-order valence-corrected chi connectivity index (χ0v) is 19.8. The Morgan fingerprint density at radius 1 is 1.13 bits per heavy atom. The SMILES string of the molecule is CN=C(NCCNC(=O)c1ccc(C(F)(F)F)cc1)N1CCC(N2CCOCC2)C1.I. The van der Waals surface area contributed by atoms with Gasteiger partial charge in [0.25, 0.3) is 5.91 Å². The molecule has 2 N–H and O–H groups in total. The van der Waals surface area contributed by atoms with E-state index in [1.165, 1.54) is 12.1 Å². The van der Waals surface area contributed by atoms with E-state index in [0.717, 1.165) is 63.9 Å². The van der Waals surface area contributed by atoms with E-state index in [-0.39, 0.29) is 29.5 Å². The lowest BCUT2D eigenvalue weighted by atomic mass is 10.1. The molecule has 1 aromatic rings. The summed E-state index contributed by atoms with van der Waals surface area (Å²) in [6, 6.07) is 4.67. The third-order valence-electron chi connectivity index (χ3n) is 5.40. The second kappa shape index (κ2) is 11.9. The number of carbonyl (C=O) groups excluding carboxylic acids is 1. The summed E-state index contributed by atoms with van der Waals surface area (Å²) in [5.41, 5.74) is -0.578. The molecule has 2 saturated heterocycles. The maximum Gasteiger partial charge on any atom is 0.416 e. The highest BCUT2D eigenvalue weighted by Crippen LogP contribution is 2.29. The van der Waals surface area contributed by atoms with Crippen LogP contribution in [0.1, 0.15) is 22.3 Å². The van der Waals surface area contributed by atoms with Gasteiger partial charge in [-0.15, -0.1) is 24.0 Å². The molecule has 174 valence electrons. The number of amides is 1. The summed E-state index contributed by atoms with van der Waals surface area (Å²) >= 11 is 0. The normalized spacial score (nSPS) is 20.3. The molecule has 0 aliphatic carbocycles. The first-order chi connectivity index (χ1) is 14.4. The summed E-state index contributed by atoms with van der Waals surface area (Å²) in [4.78, 5) is 21.1. The Balaban J connectivity index is 0.00000341. The zero-order chi connectivity index (χ0) is 21.6. The number of carbonyl (C=O) groups is 1. The van der Waals surface area contributed by atoms with Gasteiger partial charge in [-0.1, -0.05) is 0 Å². The molecule has 0 spiro atoms. The zero-order valence-electron chi connectivity index (χ0n) is 17.5. The molecule has 1 amide bonds. The lowest BCUT2D eigenvalue weighted by Crippen LogP contribution is -2.47. The number of morpholine rings is 1. The van der Waals surface area contributed by atoms with E-state index in [1.807, 2.05) is 0 Å². The smallest absolute Gasteiger partial charge is 0.379 e. The quantitative estimate of drug-likeness (QED) is 0.252. The average molecular weight is 555 g/mol. The monoisotopic (exact) mass is 555 g/mol. The summed E-state index contributed by atoms with van der Waals surface area (Å²) in [5.74, 6) is 0.378. The predicted molar refractivity (Wildman–Crippen MR) is 123 cm³/mol. The van der Waals surface area contributed by atoms with Crippen molar-refractivity contribution in [3.05, 3.63) is 35.4 Å². The van der Waals surface area contributed by atoms with Crippen molar-refractivity contribution in [2.24, 2.45) is 4.99 Å². The van der Waals surface area contributed by atoms with E-state index in [1.54, 1.807) is 7.05 Å². The first-order valence-electron chi connectivity index (χ1n) is 10.1. The van der Waals surface area contributed by atoms with Gasteiger partial charge in [-0.05, 0) is 30.7 Å². The number of ether oxygens (including phenoxy) is 1. The molecule has 2 fully saturated rings. The fourth-order valence-corrected chi connectivity index (χ4v) is 3.77. The van der Waals surface area contributed by atoms with Crippen LogP contribution in [0.2, 0.25) is 0 Å². The maximum absolute atomic E-state index is 12.6. The summed E-state index contributed by atoms with van der Waals surface area (Å²) in [6.45, 7) is 6.10. The Morgan fingerprint density at radius 3 is 2.39 bits per heavy atom. The number of halogens is 4. The molecule has 2 aliphatic heterocycles. The molecular formula is C20H29F3IN5O2. The number of nitrogens with one attached hydrogen (secondary N) is 2. The van der Waals surface area contributed by atoms with Gasteiger partial charge in [0.05, 0.1) is 18.8 Å². The topological polar surface area (TPSA) is 69.2 Å². The van der Waals surface area contributed by atoms with Gasteiger partial charge in [0.1, 0.15) is 0 Å². The van der Waals surface area contributed by atoms with Gasteiger partial charge in [0.15, 0.2) is 5.96 Å². The van der Waals surface area contributed by atoms with Gasteiger partial charge in [-0.2, -0.15) is 13.2 Å². The fourth-order valence-electron chi connectivity index (χ4n) is 3.77. The molecule has 0 bridgehead atoms. The van der Waals surface area contributed by atoms with Gasteiger partial charge in [0.2, 0.25) is 0 Å².